The summed E-state index contributed by atoms with van der Waals surface area (Å²) in [5.41, 5.74) is 2.53. The Morgan fingerprint density at radius 2 is 2.12 bits per heavy atom. The van der Waals surface area contributed by atoms with E-state index in [1.165, 1.54) is 11.1 Å². The van der Waals surface area contributed by atoms with E-state index in [1.54, 1.807) is 11.8 Å². The number of hydrogen-bond donors (Lipinski definition) is 0. The van der Waals surface area contributed by atoms with Gasteiger partial charge in [0.1, 0.15) is 0 Å². The van der Waals surface area contributed by atoms with Crippen LogP contribution in [0.4, 0.5) is 0 Å². The number of hydrogen-bond acceptors (Lipinski definition) is 3. The lowest BCUT2D eigenvalue weighted by Crippen LogP contribution is -2.27. The Bertz CT molecular complexity index is 459. The monoisotopic (exact) mass is 245 g/mol. The van der Waals surface area contributed by atoms with Crippen molar-refractivity contribution in [3.63, 3.8) is 0 Å². The summed E-state index contributed by atoms with van der Waals surface area (Å²) in [6.45, 7) is 5.20. The first-order valence-corrected chi connectivity index (χ1v) is 6.63. The average Bonchev–Trinajstić information content (AvgIpc) is 2.78. The highest BCUT2D eigenvalue weighted by atomic mass is 32.2. The molecule has 2 rings (SSSR count). The first kappa shape index (κ1) is 12.0. The zero-order valence-electron chi connectivity index (χ0n) is 10.1. The van der Waals surface area contributed by atoms with Gasteiger partial charge in [0.25, 0.3) is 0 Å². The van der Waals surface area contributed by atoms with E-state index in [-0.39, 0.29) is 6.04 Å². The van der Waals surface area contributed by atoms with E-state index in [4.69, 9.17) is 5.26 Å². The fraction of sp³-hybridized carbons (Fsp3) is 0.385. The molecule has 1 aliphatic rings. The minimum absolute atomic E-state index is 0.276. The predicted molar refractivity (Wildman–Crippen MR) is 71.8 cm³/mol. The van der Waals surface area contributed by atoms with Crippen molar-refractivity contribution in [1.82, 2.24) is 4.90 Å². The normalized spacial score (nSPS) is 19.4. The van der Waals surface area contributed by atoms with Gasteiger partial charge >= 0.3 is 0 Å². The van der Waals surface area contributed by atoms with Crippen LogP contribution in [0, 0.1) is 18.4 Å². The van der Waals surface area contributed by atoms with E-state index >= 15 is 0 Å². The van der Waals surface area contributed by atoms with Crippen LogP contribution in [0.3, 0.4) is 0 Å². The molecule has 0 spiro atoms. The third-order valence-electron chi connectivity index (χ3n) is 2.98. The largest absolute Gasteiger partial charge is 0.343 e. The maximum absolute atomic E-state index is 8.66. The zero-order valence-corrected chi connectivity index (χ0v) is 10.9. The molecule has 4 heteroatoms. The van der Waals surface area contributed by atoms with Crippen LogP contribution in [0.25, 0.3) is 0 Å². The summed E-state index contributed by atoms with van der Waals surface area (Å²) in [5, 5.41) is 9.50. The highest BCUT2D eigenvalue weighted by Gasteiger charge is 2.25. The van der Waals surface area contributed by atoms with Gasteiger partial charge in [-0.1, -0.05) is 41.6 Å². The van der Waals surface area contributed by atoms with Crippen molar-refractivity contribution in [2.75, 3.05) is 12.3 Å². The Balaban J connectivity index is 2.20. The lowest BCUT2D eigenvalue weighted by Gasteiger charge is -2.25. The second-order valence-corrected chi connectivity index (χ2v) is 5.18. The third kappa shape index (κ3) is 2.62. The van der Waals surface area contributed by atoms with E-state index in [9.17, 15) is 0 Å². The van der Waals surface area contributed by atoms with Crippen LogP contribution in [-0.2, 0) is 0 Å². The maximum Gasteiger partial charge on any atom is 0.208 e. The van der Waals surface area contributed by atoms with E-state index in [2.05, 4.69) is 48.0 Å². The van der Waals surface area contributed by atoms with Crippen molar-refractivity contribution in [1.29, 1.82) is 5.26 Å². The number of thioether (sulfide) groups is 1. The molecule has 1 aromatic carbocycles. The van der Waals surface area contributed by atoms with Gasteiger partial charge in [0, 0.05) is 12.3 Å². The lowest BCUT2D eigenvalue weighted by molar-refractivity contribution is 0.370. The molecule has 0 aromatic heterocycles. The van der Waals surface area contributed by atoms with Gasteiger partial charge in [-0.3, -0.25) is 0 Å². The zero-order chi connectivity index (χ0) is 12.3. The number of nitrogens with zero attached hydrogens (tertiary/aromatic N) is 3. The predicted octanol–water partition coefficient (Wildman–Crippen LogP) is 2.94. The number of rotatable bonds is 2. The van der Waals surface area contributed by atoms with E-state index in [0.717, 1.165) is 17.5 Å². The van der Waals surface area contributed by atoms with Gasteiger partial charge < -0.3 is 4.90 Å². The molecule has 1 fully saturated rings. The Hall–Kier alpha value is -1.47. The summed E-state index contributed by atoms with van der Waals surface area (Å²) >= 11 is 1.65. The number of amidine groups is 1. The van der Waals surface area contributed by atoms with Gasteiger partial charge in [-0.2, -0.15) is 5.26 Å². The van der Waals surface area contributed by atoms with Crippen molar-refractivity contribution >= 4 is 16.9 Å². The quantitative estimate of drug-likeness (QED) is 0.752. The van der Waals surface area contributed by atoms with Crippen LogP contribution in [0.5, 0.6) is 0 Å². The first-order valence-electron chi connectivity index (χ1n) is 5.65. The van der Waals surface area contributed by atoms with Crippen molar-refractivity contribution in [2.24, 2.45) is 4.99 Å². The van der Waals surface area contributed by atoms with Gasteiger partial charge in [0.05, 0.1) is 6.04 Å². The molecule has 3 nitrogen and oxygen atoms in total. The highest BCUT2D eigenvalue weighted by Crippen LogP contribution is 2.28. The fourth-order valence-corrected chi connectivity index (χ4v) is 2.93. The molecular formula is C13H15N3S. The van der Waals surface area contributed by atoms with Gasteiger partial charge in [0.15, 0.2) is 5.17 Å². The summed E-state index contributed by atoms with van der Waals surface area (Å²) in [4.78, 5) is 6.07. The molecule has 0 aliphatic carbocycles. The molecule has 0 saturated carbocycles. The van der Waals surface area contributed by atoms with E-state index in [0.29, 0.717) is 0 Å². The van der Waals surface area contributed by atoms with Crippen LogP contribution in [-0.4, -0.2) is 22.4 Å². The van der Waals surface area contributed by atoms with Crippen LogP contribution < -0.4 is 0 Å². The summed E-state index contributed by atoms with van der Waals surface area (Å²) in [6, 6.07) is 8.81. The van der Waals surface area contributed by atoms with E-state index in [1.807, 2.05) is 6.19 Å². The van der Waals surface area contributed by atoms with Crippen molar-refractivity contribution < 1.29 is 0 Å². The van der Waals surface area contributed by atoms with Crippen molar-refractivity contribution in [3.05, 3.63) is 35.4 Å². The van der Waals surface area contributed by atoms with Crippen molar-refractivity contribution in [2.45, 2.75) is 19.9 Å². The smallest absolute Gasteiger partial charge is 0.208 e. The Morgan fingerprint density at radius 1 is 1.41 bits per heavy atom. The standard InChI is InChI=1S/C13H15N3S/c1-10-3-5-12(6-4-10)11(2)16-7-8-17-13(16)15-9-14/h3-6,11H,7-8H2,1-2H3. The van der Waals surface area contributed by atoms with Gasteiger partial charge in [-0.25, -0.2) is 0 Å². The minimum Gasteiger partial charge on any atom is -0.343 e. The number of benzene rings is 1. The summed E-state index contributed by atoms with van der Waals surface area (Å²) < 4.78 is 0. The number of aliphatic imine (C=N–C) groups is 1. The SMILES string of the molecule is Cc1ccc(C(C)N2CCSC2=NC#N)cc1. The molecule has 1 unspecified atom stereocenters. The van der Waals surface area contributed by atoms with Crippen molar-refractivity contribution in [3.8, 4) is 6.19 Å². The van der Waals surface area contributed by atoms with Crippen LogP contribution >= 0.6 is 11.8 Å². The minimum atomic E-state index is 0.276. The van der Waals surface area contributed by atoms with E-state index < -0.39 is 0 Å². The Kier molecular flexibility index (Phi) is 3.70. The van der Waals surface area contributed by atoms with Gasteiger partial charge in [0.2, 0.25) is 6.19 Å². The molecule has 0 amide bonds. The summed E-state index contributed by atoms with van der Waals surface area (Å²) in [7, 11) is 0. The van der Waals surface area contributed by atoms with Gasteiger partial charge in [-0.15, -0.1) is 4.99 Å². The Labute approximate surface area is 106 Å². The topological polar surface area (TPSA) is 39.4 Å². The lowest BCUT2D eigenvalue weighted by atomic mass is 10.1. The van der Waals surface area contributed by atoms with Gasteiger partial charge in [-0.05, 0) is 19.4 Å². The Morgan fingerprint density at radius 3 is 2.76 bits per heavy atom. The fourth-order valence-electron chi connectivity index (χ4n) is 1.94. The molecule has 0 radical (unpaired) electrons. The molecule has 88 valence electrons. The molecule has 1 saturated heterocycles. The average molecular weight is 245 g/mol. The second kappa shape index (κ2) is 5.24. The molecular weight excluding hydrogens is 230 g/mol. The summed E-state index contributed by atoms with van der Waals surface area (Å²) in [6.07, 6.45) is 1.88. The maximum atomic E-state index is 8.66. The molecule has 0 N–H and O–H groups in total. The molecule has 17 heavy (non-hydrogen) atoms. The third-order valence-corrected chi connectivity index (χ3v) is 3.95. The second-order valence-electron chi connectivity index (χ2n) is 4.12. The van der Waals surface area contributed by atoms with Crippen LogP contribution in [0.1, 0.15) is 24.1 Å². The molecule has 1 aromatic rings. The molecule has 1 heterocycles. The first-order chi connectivity index (χ1) is 8.22. The number of nitriles is 1. The molecule has 1 aliphatic heterocycles. The molecule has 1 atom stereocenters. The number of aryl methyl sites for hydroxylation is 1. The molecule has 0 bridgehead atoms. The van der Waals surface area contributed by atoms with Crippen LogP contribution in [0.2, 0.25) is 0 Å². The van der Waals surface area contributed by atoms with Crippen LogP contribution in [0.15, 0.2) is 29.3 Å². The summed E-state index contributed by atoms with van der Waals surface area (Å²) in [5.74, 6) is 1.01. The highest BCUT2D eigenvalue weighted by molar-refractivity contribution is 8.14.